The molecule has 0 radical (unpaired) electrons. The monoisotopic (exact) mass is 417 g/mol. The van der Waals surface area contributed by atoms with Gasteiger partial charge in [-0.25, -0.2) is 9.67 Å². The van der Waals surface area contributed by atoms with Crippen LogP contribution in [-0.4, -0.2) is 44.9 Å². The van der Waals surface area contributed by atoms with Gasteiger partial charge in [0.2, 0.25) is 5.91 Å². The second kappa shape index (κ2) is 9.62. The van der Waals surface area contributed by atoms with Crippen molar-refractivity contribution < 1.29 is 13.6 Å². The largest absolute Gasteiger partial charge is 0.324 e. The molecule has 0 aliphatic heterocycles. The molecular weight excluding hydrogens is 396 g/mol. The molecule has 3 rings (SSSR count). The van der Waals surface area contributed by atoms with Gasteiger partial charge in [0.25, 0.3) is 5.76 Å². The first-order valence-electron chi connectivity index (χ1n) is 8.93. The van der Waals surface area contributed by atoms with Crippen LogP contribution in [0.2, 0.25) is 0 Å². The summed E-state index contributed by atoms with van der Waals surface area (Å²) in [6.45, 7) is 2.12. The van der Waals surface area contributed by atoms with Crippen molar-refractivity contribution in [3.63, 3.8) is 0 Å². The Balaban J connectivity index is 1.61. The predicted octanol–water partition coefficient (Wildman–Crippen LogP) is 4.21. The topological polar surface area (TPSA) is 63.1 Å². The highest BCUT2D eigenvalue weighted by molar-refractivity contribution is 7.99. The van der Waals surface area contributed by atoms with Gasteiger partial charge < -0.3 is 5.32 Å². The molecule has 0 fully saturated rings. The van der Waals surface area contributed by atoms with Gasteiger partial charge in [-0.1, -0.05) is 36.0 Å². The van der Waals surface area contributed by atoms with Crippen LogP contribution >= 0.6 is 11.8 Å². The molecule has 1 atom stereocenters. The van der Waals surface area contributed by atoms with Crippen LogP contribution in [-0.2, 0) is 4.79 Å². The van der Waals surface area contributed by atoms with Crippen LogP contribution in [0.5, 0.6) is 0 Å². The first-order chi connectivity index (χ1) is 13.9. The normalized spacial score (nSPS) is 12.3. The minimum Gasteiger partial charge on any atom is -0.324 e. The lowest BCUT2D eigenvalue weighted by Crippen LogP contribution is -2.32. The van der Waals surface area contributed by atoms with Crippen LogP contribution < -0.4 is 5.32 Å². The van der Waals surface area contributed by atoms with E-state index in [1.807, 2.05) is 43.1 Å². The highest BCUT2D eigenvalue weighted by Gasteiger charge is 2.17. The number of nitrogens with one attached hydrogen (secondary N) is 1. The third-order valence-corrected chi connectivity index (χ3v) is 5.28. The minimum absolute atomic E-state index is 0.0174. The summed E-state index contributed by atoms with van der Waals surface area (Å²) in [5.74, 6) is -2.81. The van der Waals surface area contributed by atoms with Crippen molar-refractivity contribution >= 4 is 23.4 Å². The Hall–Kier alpha value is -2.78. The molecular formula is C20H21F2N5OS. The maximum atomic E-state index is 12.7. The molecule has 1 N–H and O–H groups in total. The SMILES string of the molecule is CC(c1ccc(-n2cncn2)cc1)N(C)CC(=O)Nc1ccccc1SC(F)F. The van der Waals surface area contributed by atoms with E-state index in [1.54, 1.807) is 35.3 Å². The number of para-hydroxylation sites is 1. The number of benzene rings is 2. The van der Waals surface area contributed by atoms with Gasteiger partial charge in [0.1, 0.15) is 12.7 Å². The zero-order valence-electron chi connectivity index (χ0n) is 16.0. The first kappa shape index (κ1) is 20.9. The van der Waals surface area contributed by atoms with E-state index in [1.165, 1.54) is 6.33 Å². The summed E-state index contributed by atoms with van der Waals surface area (Å²) in [5.41, 5.74) is 2.32. The first-order valence-corrected chi connectivity index (χ1v) is 9.81. The van der Waals surface area contributed by atoms with Crippen molar-refractivity contribution in [2.75, 3.05) is 18.9 Å². The van der Waals surface area contributed by atoms with Gasteiger partial charge in [0.15, 0.2) is 0 Å². The molecule has 1 heterocycles. The molecule has 2 aromatic carbocycles. The van der Waals surface area contributed by atoms with Crippen LogP contribution in [0.4, 0.5) is 14.5 Å². The fourth-order valence-corrected chi connectivity index (χ4v) is 3.42. The highest BCUT2D eigenvalue weighted by Crippen LogP contribution is 2.31. The molecule has 6 nitrogen and oxygen atoms in total. The van der Waals surface area contributed by atoms with Crippen molar-refractivity contribution in [3.05, 3.63) is 66.7 Å². The number of rotatable bonds is 8. The highest BCUT2D eigenvalue weighted by atomic mass is 32.2. The predicted molar refractivity (Wildman–Crippen MR) is 109 cm³/mol. The van der Waals surface area contributed by atoms with Crippen molar-refractivity contribution in [1.82, 2.24) is 19.7 Å². The summed E-state index contributed by atoms with van der Waals surface area (Å²) in [6.07, 6.45) is 3.10. The number of likely N-dealkylation sites (N-methyl/N-ethyl adjacent to an activating group) is 1. The number of thioether (sulfide) groups is 1. The van der Waals surface area contributed by atoms with Crippen molar-refractivity contribution in [1.29, 1.82) is 0 Å². The van der Waals surface area contributed by atoms with Crippen molar-refractivity contribution in [2.45, 2.75) is 23.6 Å². The number of hydrogen-bond acceptors (Lipinski definition) is 5. The molecule has 1 unspecified atom stereocenters. The Morgan fingerprint density at radius 2 is 1.93 bits per heavy atom. The van der Waals surface area contributed by atoms with E-state index in [4.69, 9.17) is 0 Å². The molecule has 3 aromatic rings. The summed E-state index contributed by atoms with van der Waals surface area (Å²) in [4.78, 5) is 18.6. The lowest BCUT2D eigenvalue weighted by Gasteiger charge is -2.25. The van der Waals surface area contributed by atoms with Crippen molar-refractivity contribution in [2.24, 2.45) is 0 Å². The van der Waals surface area contributed by atoms with Gasteiger partial charge >= 0.3 is 0 Å². The average Bonchev–Trinajstić information content (AvgIpc) is 3.23. The second-order valence-corrected chi connectivity index (χ2v) is 7.48. The van der Waals surface area contributed by atoms with Crippen molar-refractivity contribution in [3.8, 4) is 5.69 Å². The van der Waals surface area contributed by atoms with E-state index < -0.39 is 5.76 Å². The lowest BCUT2D eigenvalue weighted by molar-refractivity contribution is -0.117. The standard InChI is InChI=1S/C20H21F2N5OS/c1-14(15-7-9-16(10-8-15)27-13-23-12-24-27)26(2)11-19(28)25-17-5-3-4-6-18(17)29-20(21)22/h3-10,12-14,20H,11H2,1-2H3,(H,25,28). The smallest absolute Gasteiger partial charge is 0.288 e. The maximum Gasteiger partial charge on any atom is 0.288 e. The van der Waals surface area contributed by atoms with Gasteiger partial charge in [0, 0.05) is 10.9 Å². The van der Waals surface area contributed by atoms with Crippen LogP contribution in [0, 0.1) is 0 Å². The number of alkyl halides is 2. The second-order valence-electron chi connectivity index (χ2n) is 6.45. The van der Waals surface area contributed by atoms with E-state index >= 15 is 0 Å². The summed E-state index contributed by atoms with van der Waals surface area (Å²) in [5, 5.41) is 6.82. The fraction of sp³-hybridized carbons (Fsp3) is 0.250. The minimum atomic E-state index is -2.55. The summed E-state index contributed by atoms with van der Waals surface area (Å²) < 4.78 is 27.1. The number of anilines is 1. The average molecular weight is 417 g/mol. The number of halogens is 2. The number of nitrogens with zero attached hydrogens (tertiary/aromatic N) is 4. The third kappa shape index (κ3) is 5.61. The Bertz CT molecular complexity index is 934. The molecule has 29 heavy (non-hydrogen) atoms. The summed E-state index contributed by atoms with van der Waals surface area (Å²) in [7, 11) is 1.84. The van der Waals surface area contributed by atoms with Crippen LogP contribution in [0.3, 0.4) is 0 Å². The molecule has 0 aliphatic rings. The van der Waals surface area contributed by atoms with Crippen LogP contribution in [0.15, 0.2) is 66.1 Å². The van der Waals surface area contributed by atoms with Gasteiger partial charge in [-0.3, -0.25) is 9.69 Å². The zero-order valence-corrected chi connectivity index (χ0v) is 16.8. The van der Waals surface area contributed by atoms with Gasteiger partial charge in [0.05, 0.1) is 17.9 Å². The number of aromatic nitrogens is 3. The summed E-state index contributed by atoms with van der Waals surface area (Å²) in [6, 6.07) is 14.4. The number of carbonyl (C=O) groups is 1. The van der Waals surface area contributed by atoms with E-state index in [9.17, 15) is 13.6 Å². The lowest BCUT2D eigenvalue weighted by atomic mass is 10.1. The molecule has 0 spiro atoms. The molecule has 0 bridgehead atoms. The van der Waals surface area contributed by atoms with E-state index in [2.05, 4.69) is 15.4 Å². The van der Waals surface area contributed by atoms with Crippen LogP contribution in [0.1, 0.15) is 18.5 Å². The fourth-order valence-electron chi connectivity index (χ4n) is 2.82. The third-order valence-electron chi connectivity index (χ3n) is 4.49. The molecule has 0 saturated carbocycles. The van der Waals surface area contributed by atoms with Gasteiger partial charge in [-0.05, 0) is 43.8 Å². The Kier molecular flexibility index (Phi) is 6.95. The Morgan fingerprint density at radius 1 is 1.21 bits per heavy atom. The number of carbonyl (C=O) groups excluding carboxylic acids is 1. The van der Waals surface area contributed by atoms with E-state index in [0.717, 1.165) is 11.3 Å². The van der Waals surface area contributed by atoms with Crippen LogP contribution in [0.25, 0.3) is 5.69 Å². The van der Waals surface area contributed by atoms with Gasteiger partial charge in [-0.15, -0.1) is 0 Å². The Morgan fingerprint density at radius 3 is 2.59 bits per heavy atom. The molecule has 152 valence electrons. The van der Waals surface area contributed by atoms with E-state index in [0.29, 0.717) is 22.3 Å². The zero-order chi connectivity index (χ0) is 20.8. The maximum absolute atomic E-state index is 12.7. The molecule has 1 aromatic heterocycles. The summed E-state index contributed by atoms with van der Waals surface area (Å²) >= 11 is 0.416. The quantitative estimate of drug-likeness (QED) is 0.556. The Labute approximate surface area is 171 Å². The number of hydrogen-bond donors (Lipinski definition) is 1. The molecule has 9 heteroatoms. The number of amides is 1. The molecule has 1 amide bonds. The molecule has 0 aliphatic carbocycles. The van der Waals surface area contributed by atoms with E-state index in [-0.39, 0.29) is 18.5 Å². The van der Waals surface area contributed by atoms with Gasteiger partial charge in [-0.2, -0.15) is 13.9 Å². The molecule has 0 saturated heterocycles.